The van der Waals surface area contributed by atoms with Gasteiger partial charge in [-0.25, -0.2) is 19.7 Å². The van der Waals surface area contributed by atoms with Gasteiger partial charge in [-0.2, -0.15) is 0 Å². The highest BCUT2D eigenvalue weighted by Crippen LogP contribution is 2.36. The molecule has 2 atom stereocenters. The maximum atomic E-state index is 11.6. The molecule has 2 saturated carbocycles. The summed E-state index contributed by atoms with van der Waals surface area (Å²) in [6.07, 6.45) is 7.71. The minimum atomic E-state index is -0.723. The molecule has 2 aliphatic carbocycles. The van der Waals surface area contributed by atoms with Gasteiger partial charge in [0, 0.05) is 12.6 Å². The molecule has 35 heavy (non-hydrogen) atoms. The van der Waals surface area contributed by atoms with Crippen LogP contribution in [0.5, 0.6) is 0 Å². The maximum Gasteiger partial charge on any atom is 0.439 e. The standard InChI is InChI=1S/C25H37N7O3/c1-13(2)19(33)24-29-21-18(32(24)12-16-10-8-14(3)9-11-16)20(26-15(4)17-6-5-7-17)27-22(28-21)23-30-25(34)35-31-23/h13-17,19,33H,5-12H2,1-4H3,(H,26,27,28)(H,30,31,34)/t14?,15-,16?,19?/m1/s1. The Kier molecular flexibility index (Phi) is 6.65. The molecular formula is C25H37N7O3. The number of hydrogen-bond acceptors (Lipinski definition) is 8. The van der Waals surface area contributed by atoms with E-state index in [1.54, 1.807) is 0 Å². The number of H-pyrrole nitrogens is 1. The van der Waals surface area contributed by atoms with Crippen molar-refractivity contribution in [1.82, 2.24) is 29.7 Å². The van der Waals surface area contributed by atoms with Crippen molar-refractivity contribution < 1.29 is 9.63 Å². The Balaban J connectivity index is 1.63. The molecule has 3 aromatic heterocycles. The van der Waals surface area contributed by atoms with E-state index in [4.69, 9.17) is 14.5 Å². The average Bonchev–Trinajstić information content (AvgIpc) is 3.37. The van der Waals surface area contributed by atoms with Crippen LogP contribution >= 0.6 is 0 Å². The monoisotopic (exact) mass is 483 g/mol. The molecule has 0 aromatic carbocycles. The summed E-state index contributed by atoms with van der Waals surface area (Å²) in [7, 11) is 0. The second kappa shape index (κ2) is 9.72. The third-order valence-corrected chi connectivity index (χ3v) is 7.98. The highest BCUT2D eigenvalue weighted by Gasteiger charge is 2.30. The van der Waals surface area contributed by atoms with E-state index in [-0.39, 0.29) is 23.6 Å². The lowest BCUT2D eigenvalue weighted by molar-refractivity contribution is 0.112. The zero-order valence-electron chi connectivity index (χ0n) is 21.1. The largest absolute Gasteiger partial charge is 0.439 e. The lowest BCUT2D eigenvalue weighted by atomic mass is 9.80. The second-order valence-electron chi connectivity index (χ2n) is 11.0. The fraction of sp³-hybridized carbons (Fsp3) is 0.720. The van der Waals surface area contributed by atoms with Gasteiger partial charge < -0.3 is 15.0 Å². The van der Waals surface area contributed by atoms with Crippen molar-refractivity contribution >= 4 is 17.0 Å². The Morgan fingerprint density at radius 1 is 1.11 bits per heavy atom. The van der Waals surface area contributed by atoms with Crippen LogP contribution in [0.25, 0.3) is 22.8 Å². The molecule has 10 nitrogen and oxygen atoms in total. The van der Waals surface area contributed by atoms with Crippen LogP contribution in [0.4, 0.5) is 5.82 Å². The Hall–Kier alpha value is -2.75. The zero-order chi connectivity index (χ0) is 24.7. The summed E-state index contributed by atoms with van der Waals surface area (Å²) in [4.78, 5) is 28.4. The molecule has 0 bridgehead atoms. The average molecular weight is 484 g/mol. The van der Waals surface area contributed by atoms with Crippen LogP contribution in [0.1, 0.15) is 84.6 Å². The summed E-state index contributed by atoms with van der Waals surface area (Å²) in [6.45, 7) is 9.27. The Labute approximate surface area is 204 Å². The first-order valence-corrected chi connectivity index (χ1v) is 13.1. The highest BCUT2D eigenvalue weighted by atomic mass is 16.5. The smallest absolute Gasteiger partial charge is 0.385 e. The van der Waals surface area contributed by atoms with E-state index in [0.29, 0.717) is 29.1 Å². The molecule has 0 radical (unpaired) electrons. The van der Waals surface area contributed by atoms with E-state index in [9.17, 15) is 9.90 Å². The van der Waals surface area contributed by atoms with Crippen LogP contribution < -0.4 is 11.1 Å². The van der Waals surface area contributed by atoms with Crippen LogP contribution in [0.2, 0.25) is 0 Å². The SMILES string of the molecule is CC1CCC(Cn2c(C(O)C(C)C)nc3nc(-c4noc(=O)[nH]4)nc(N[C@H](C)C4CCC4)c32)CC1. The number of imidazole rings is 1. The van der Waals surface area contributed by atoms with Gasteiger partial charge in [-0.3, -0.25) is 9.51 Å². The van der Waals surface area contributed by atoms with Gasteiger partial charge in [-0.05, 0) is 56.3 Å². The van der Waals surface area contributed by atoms with Crippen LogP contribution in [-0.4, -0.2) is 40.8 Å². The van der Waals surface area contributed by atoms with E-state index in [1.165, 1.54) is 44.9 Å². The van der Waals surface area contributed by atoms with Gasteiger partial charge in [0.1, 0.15) is 17.4 Å². The van der Waals surface area contributed by atoms with Crippen LogP contribution in [0.3, 0.4) is 0 Å². The van der Waals surface area contributed by atoms with Gasteiger partial charge in [0.15, 0.2) is 11.5 Å². The molecule has 0 aliphatic heterocycles. The topological polar surface area (TPSA) is 135 Å². The first-order chi connectivity index (χ1) is 16.8. The zero-order valence-corrected chi connectivity index (χ0v) is 21.1. The van der Waals surface area contributed by atoms with E-state index < -0.39 is 11.9 Å². The molecule has 3 aromatic rings. The lowest BCUT2D eigenvalue weighted by Crippen LogP contribution is -2.31. The molecule has 2 fully saturated rings. The minimum absolute atomic E-state index is 0.00146. The first-order valence-electron chi connectivity index (χ1n) is 13.1. The van der Waals surface area contributed by atoms with Gasteiger partial charge in [-0.15, -0.1) is 0 Å². The van der Waals surface area contributed by atoms with Crippen LogP contribution in [0.15, 0.2) is 9.32 Å². The summed E-state index contributed by atoms with van der Waals surface area (Å²) in [6, 6.07) is 0.225. The third kappa shape index (κ3) is 4.85. The first kappa shape index (κ1) is 24.0. The number of nitrogens with zero attached hydrogens (tertiary/aromatic N) is 5. The Bertz CT molecular complexity index is 1220. The molecule has 0 saturated heterocycles. The summed E-state index contributed by atoms with van der Waals surface area (Å²) in [5.41, 5.74) is 1.29. The molecule has 0 amide bonds. The number of fused-ring (bicyclic) bond motifs is 1. The van der Waals surface area contributed by atoms with Gasteiger partial charge in [0.25, 0.3) is 0 Å². The molecule has 1 unspecified atom stereocenters. The molecule has 10 heteroatoms. The fourth-order valence-corrected chi connectivity index (χ4v) is 5.34. The van der Waals surface area contributed by atoms with Crippen molar-refractivity contribution in [2.45, 2.75) is 91.3 Å². The number of aromatic amines is 1. The molecule has 0 spiro atoms. The van der Waals surface area contributed by atoms with E-state index >= 15 is 0 Å². The number of aliphatic hydroxyl groups excluding tert-OH is 1. The summed E-state index contributed by atoms with van der Waals surface area (Å²) < 4.78 is 6.84. The molecule has 3 heterocycles. The fourth-order valence-electron chi connectivity index (χ4n) is 5.34. The molecule has 190 valence electrons. The molecule has 2 aliphatic rings. The van der Waals surface area contributed by atoms with Crippen molar-refractivity contribution in [2.24, 2.45) is 23.7 Å². The summed E-state index contributed by atoms with van der Waals surface area (Å²) >= 11 is 0. The third-order valence-electron chi connectivity index (χ3n) is 7.98. The van der Waals surface area contributed by atoms with Gasteiger partial charge in [0.2, 0.25) is 11.6 Å². The predicted molar refractivity (Wildman–Crippen MR) is 133 cm³/mol. The van der Waals surface area contributed by atoms with Crippen molar-refractivity contribution in [3.63, 3.8) is 0 Å². The van der Waals surface area contributed by atoms with Gasteiger partial charge in [-0.1, -0.05) is 45.2 Å². The van der Waals surface area contributed by atoms with Crippen molar-refractivity contribution in [2.75, 3.05) is 5.32 Å². The second-order valence-corrected chi connectivity index (χ2v) is 11.0. The Morgan fingerprint density at radius 3 is 2.46 bits per heavy atom. The lowest BCUT2D eigenvalue weighted by Gasteiger charge is -2.32. The van der Waals surface area contributed by atoms with Crippen molar-refractivity contribution in [1.29, 1.82) is 0 Å². The maximum absolute atomic E-state index is 11.6. The van der Waals surface area contributed by atoms with E-state index in [0.717, 1.165) is 18.0 Å². The number of anilines is 1. The van der Waals surface area contributed by atoms with Crippen LogP contribution in [0, 0.1) is 23.7 Å². The summed E-state index contributed by atoms with van der Waals surface area (Å²) in [5, 5.41) is 18.5. The predicted octanol–water partition coefficient (Wildman–Crippen LogP) is 4.29. The number of nitrogens with one attached hydrogen (secondary N) is 2. The van der Waals surface area contributed by atoms with E-state index in [1.807, 2.05) is 13.8 Å². The number of aromatic nitrogens is 6. The molecule has 3 N–H and O–H groups in total. The Morgan fingerprint density at radius 2 is 1.86 bits per heavy atom. The molecule has 5 rings (SSSR count). The van der Waals surface area contributed by atoms with Crippen molar-refractivity contribution in [3.05, 3.63) is 16.4 Å². The van der Waals surface area contributed by atoms with Crippen molar-refractivity contribution in [3.8, 4) is 11.6 Å². The van der Waals surface area contributed by atoms with E-state index in [2.05, 4.69) is 38.9 Å². The normalized spacial score (nSPS) is 22.9. The van der Waals surface area contributed by atoms with Gasteiger partial charge in [0.05, 0.1) is 0 Å². The molecular weight excluding hydrogens is 446 g/mol. The number of rotatable bonds is 8. The van der Waals surface area contributed by atoms with Crippen LogP contribution in [-0.2, 0) is 6.54 Å². The number of aliphatic hydroxyl groups is 1. The quantitative estimate of drug-likeness (QED) is 0.432. The van der Waals surface area contributed by atoms with Gasteiger partial charge >= 0.3 is 5.76 Å². The summed E-state index contributed by atoms with van der Waals surface area (Å²) in [5.74, 6) is 2.90. The highest BCUT2D eigenvalue weighted by molar-refractivity contribution is 5.85. The minimum Gasteiger partial charge on any atom is -0.385 e. The number of hydrogen-bond donors (Lipinski definition) is 3.